The van der Waals surface area contributed by atoms with Crippen molar-refractivity contribution in [2.45, 2.75) is 5.54 Å². The Morgan fingerprint density at radius 3 is 1.94 bits per heavy atom. The van der Waals surface area contributed by atoms with Gasteiger partial charge >= 0.3 is 23.9 Å². The Balaban J connectivity index is 2.49. The van der Waals surface area contributed by atoms with E-state index in [-0.39, 0.29) is 11.3 Å². The van der Waals surface area contributed by atoms with E-state index >= 15 is 0 Å². The number of hydrogen-bond donors (Lipinski definition) is 0. The maximum absolute atomic E-state index is 13.2. The first kappa shape index (κ1) is 24.2. The fourth-order valence-electron chi connectivity index (χ4n) is 3.85. The molecular weight excluding hydrogens is 442 g/mol. The molecule has 2 aliphatic rings. The molecule has 1 aromatic rings. The first-order valence-corrected chi connectivity index (χ1v) is 10.1. The number of carbonyl (C=O) groups is 4. The second-order valence-corrected chi connectivity index (χ2v) is 7.08. The van der Waals surface area contributed by atoms with E-state index in [4.69, 9.17) is 18.9 Å². The number of benzene rings is 1. The van der Waals surface area contributed by atoms with E-state index in [1.807, 2.05) is 30.3 Å². The molecule has 0 N–H and O–H groups in total. The van der Waals surface area contributed by atoms with Crippen LogP contribution in [0.5, 0.6) is 0 Å². The number of nitrogens with zero attached hydrogens (tertiary/aromatic N) is 1. The molecule has 0 aliphatic carbocycles. The van der Waals surface area contributed by atoms with Crippen molar-refractivity contribution in [1.29, 1.82) is 0 Å². The van der Waals surface area contributed by atoms with Crippen molar-refractivity contribution in [3.63, 3.8) is 0 Å². The monoisotopic (exact) mass is 465 g/mol. The molecule has 0 radical (unpaired) electrons. The van der Waals surface area contributed by atoms with Crippen molar-refractivity contribution in [2.75, 3.05) is 28.4 Å². The van der Waals surface area contributed by atoms with Crippen LogP contribution >= 0.6 is 0 Å². The summed E-state index contributed by atoms with van der Waals surface area (Å²) in [6.45, 7) is 0. The molecule has 3 rings (SSSR count). The maximum atomic E-state index is 13.2. The molecule has 2 aliphatic heterocycles. The molecule has 34 heavy (non-hydrogen) atoms. The number of allylic oxidation sites excluding steroid dienone is 2. The van der Waals surface area contributed by atoms with Crippen LogP contribution in [0.3, 0.4) is 0 Å². The van der Waals surface area contributed by atoms with Crippen LogP contribution in [0.2, 0.25) is 0 Å². The Morgan fingerprint density at radius 1 is 0.765 bits per heavy atom. The van der Waals surface area contributed by atoms with Gasteiger partial charge in [-0.2, -0.15) is 0 Å². The fourth-order valence-corrected chi connectivity index (χ4v) is 3.85. The molecule has 0 saturated heterocycles. The Labute approximate surface area is 196 Å². The molecule has 9 heteroatoms. The van der Waals surface area contributed by atoms with Gasteiger partial charge in [-0.3, -0.25) is 0 Å². The van der Waals surface area contributed by atoms with Crippen LogP contribution < -0.4 is 0 Å². The second-order valence-electron chi connectivity index (χ2n) is 7.08. The highest BCUT2D eigenvalue weighted by Crippen LogP contribution is 2.45. The summed E-state index contributed by atoms with van der Waals surface area (Å²) in [5.74, 6) is -3.90. The van der Waals surface area contributed by atoms with Gasteiger partial charge in [0.25, 0.3) is 0 Å². The van der Waals surface area contributed by atoms with E-state index in [2.05, 4.69) is 0 Å². The predicted octanol–water partition coefficient (Wildman–Crippen LogP) is 2.08. The number of hydrogen-bond acceptors (Lipinski definition) is 9. The number of ether oxygens (including phenoxy) is 4. The molecule has 9 nitrogen and oxygen atoms in total. The van der Waals surface area contributed by atoms with E-state index in [1.165, 1.54) is 11.1 Å². The van der Waals surface area contributed by atoms with Crippen molar-refractivity contribution in [3.05, 3.63) is 88.8 Å². The van der Waals surface area contributed by atoms with E-state index in [9.17, 15) is 19.2 Å². The number of carbonyl (C=O) groups excluding carboxylic acids is 4. The third-order valence-electron chi connectivity index (χ3n) is 5.35. The molecule has 0 aromatic heterocycles. The lowest BCUT2D eigenvalue weighted by molar-refractivity contribution is -0.143. The molecule has 2 heterocycles. The number of fused-ring (bicyclic) bond motifs is 1. The Morgan fingerprint density at radius 2 is 1.35 bits per heavy atom. The van der Waals surface area contributed by atoms with Crippen LogP contribution in [-0.2, 0) is 38.1 Å². The third kappa shape index (κ3) is 4.03. The summed E-state index contributed by atoms with van der Waals surface area (Å²) in [5, 5.41) is 0. The van der Waals surface area contributed by atoms with Gasteiger partial charge in [0.05, 0.1) is 39.6 Å². The highest BCUT2D eigenvalue weighted by atomic mass is 16.5. The van der Waals surface area contributed by atoms with Crippen molar-refractivity contribution in [3.8, 4) is 0 Å². The third-order valence-corrected chi connectivity index (χ3v) is 5.35. The molecule has 0 amide bonds. The van der Waals surface area contributed by atoms with Crippen LogP contribution in [0.1, 0.15) is 5.56 Å². The van der Waals surface area contributed by atoms with Gasteiger partial charge in [0.2, 0.25) is 0 Å². The summed E-state index contributed by atoms with van der Waals surface area (Å²) in [5.41, 5.74) is -2.24. The lowest BCUT2D eigenvalue weighted by atomic mass is 9.76. The first-order valence-electron chi connectivity index (χ1n) is 10.1. The second kappa shape index (κ2) is 10.0. The Bertz CT molecular complexity index is 1170. The quantitative estimate of drug-likeness (QED) is 0.461. The topological polar surface area (TPSA) is 108 Å². The predicted molar refractivity (Wildman–Crippen MR) is 120 cm³/mol. The highest BCUT2D eigenvalue weighted by molar-refractivity contribution is 6.17. The first-order chi connectivity index (χ1) is 16.4. The SMILES string of the molecule is COC(=O)C1=C(C(=O)OC)N2C=CC=C[C@]2(/C=C\c2ccccc2)C(C(=O)OC)=C1C(=O)OC. The summed E-state index contributed by atoms with van der Waals surface area (Å²) in [6.07, 6.45) is 9.66. The molecular formula is C25H23NO8. The van der Waals surface area contributed by atoms with Gasteiger partial charge in [0, 0.05) is 6.20 Å². The zero-order valence-electron chi connectivity index (χ0n) is 19.1. The highest BCUT2D eigenvalue weighted by Gasteiger charge is 2.53. The molecule has 0 spiro atoms. The van der Waals surface area contributed by atoms with E-state index in [1.54, 1.807) is 30.4 Å². The summed E-state index contributed by atoms with van der Waals surface area (Å²) in [7, 11) is 4.45. The van der Waals surface area contributed by atoms with Gasteiger partial charge in [0.15, 0.2) is 0 Å². The Hall–Kier alpha value is -4.40. The van der Waals surface area contributed by atoms with Crippen molar-refractivity contribution in [1.82, 2.24) is 4.90 Å². The molecule has 1 aromatic carbocycles. The molecule has 0 unspecified atom stereocenters. The molecule has 0 bridgehead atoms. The van der Waals surface area contributed by atoms with Gasteiger partial charge in [-0.25, -0.2) is 19.2 Å². The molecule has 0 saturated carbocycles. The van der Waals surface area contributed by atoms with E-state index in [0.29, 0.717) is 0 Å². The minimum absolute atomic E-state index is 0.234. The summed E-state index contributed by atoms with van der Waals surface area (Å²) >= 11 is 0. The van der Waals surface area contributed by atoms with Gasteiger partial charge in [-0.1, -0.05) is 42.5 Å². The summed E-state index contributed by atoms with van der Waals surface area (Å²) in [6, 6.07) is 9.18. The smallest absolute Gasteiger partial charge is 0.355 e. The number of rotatable bonds is 6. The standard InChI is InChI=1S/C25H23NO8/c1-31-21(27)17-18(22(28)32-2)20(24(30)34-4)26-15-9-8-13-25(26,19(17)23(29)33-3)14-12-16-10-6-5-7-11-16/h5-15H,1-4H3/b14-12-/t25-/m0/s1. The largest absolute Gasteiger partial charge is 0.466 e. The van der Waals surface area contributed by atoms with Crippen molar-refractivity contribution < 1.29 is 38.1 Å². The molecule has 0 fully saturated rings. The van der Waals surface area contributed by atoms with Crippen LogP contribution in [0.25, 0.3) is 6.08 Å². The molecule has 1 atom stereocenters. The lowest BCUT2D eigenvalue weighted by Crippen LogP contribution is -2.53. The normalized spacial score (nSPS) is 19.1. The zero-order valence-corrected chi connectivity index (χ0v) is 19.1. The number of esters is 4. The van der Waals surface area contributed by atoms with Gasteiger partial charge in [0.1, 0.15) is 16.8 Å². The lowest BCUT2D eigenvalue weighted by Gasteiger charge is -2.45. The van der Waals surface area contributed by atoms with Gasteiger partial charge in [-0.15, -0.1) is 0 Å². The summed E-state index contributed by atoms with van der Waals surface area (Å²) < 4.78 is 19.7. The number of methoxy groups -OCH3 is 4. The summed E-state index contributed by atoms with van der Waals surface area (Å²) in [4.78, 5) is 53.4. The Kier molecular flexibility index (Phi) is 7.15. The zero-order chi connectivity index (χ0) is 24.9. The molecule has 176 valence electrons. The van der Waals surface area contributed by atoms with Crippen molar-refractivity contribution >= 4 is 30.0 Å². The van der Waals surface area contributed by atoms with Crippen molar-refractivity contribution in [2.24, 2.45) is 0 Å². The average molecular weight is 465 g/mol. The van der Waals surface area contributed by atoms with E-state index in [0.717, 1.165) is 34.0 Å². The van der Waals surface area contributed by atoms with Crippen LogP contribution in [0.4, 0.5) is 0 Å². The van der Waals surface area contributed by atoms with Crippen LogP contribution in [0.15, 0.2) is 83.3 Å². The van der Waals surface area contributed by atoms with Gasteiger partial charge in [-0.05, 0) is 23.8 Å². The minimum atomic E-state index is -1.54. The van der Waals surface area contributed by atoms with Crippen LogP contribution in [0, 0.1) is 0 Å². The minimum Gasteiger partial charge on any atom is -0.466 e. The maximum Gasteiger partial charge on any atom is 0.355 e. The van der Waals surface area contributed by atoms with Crippen LogP contribution in [-0.4, -0.2) is 62.8 Å². The van der Waals surface area contributed by atoms with Gasteiger partial charge < -0.3 is 23.8 Å². The van der Waals surface area contributed by atoms with E-state index < -0.39 is 40.6 Å². The fraction of sp³-hybridized carbons (Fsp3) is 0.200. The average Bonchev–Trinajstić information content (AvgIpc) is 2.89.